The summed E-state index contributed by atoms with van der Waals surface area (Å²) in [5, 5.41) is 6.45. The highest BCUT2D eigenvalue weighted by Gasteiger charge is 2.14. The number of methoxy groups -OCH3 is 2. The summed E-state index contributed by atoms with van der Waals surface area (Å²) in [6.07, 6.45) is 0. The maximum absolute atomic E-state index is 12.8. The molecule has 0 saturated carbocycles. The van der Waals surface area contributed by atoms with Crippen LogP contribution in [0.25, 0.3) is 0 Å². The maximum atomic E-state index is 12.8. The van der Waals surface area contributed by atoms with Crippen LogP contribution in [-0.2, 0) is 0 Å². The summed E-state index contributed by atoms with van der Waals surface area (Å²) in [5.41, 5.74) is 1.36. The Balaban J connectivity index is 1.87. The van der Waals surface area contributed by atoms with Crippen molar-refractivity contribution in [2.24, 2.45) is 0 Å². The van der Waals surface area contributed by atoms with Gasteiger partial charge in [0, 0.05) is 12.1 Å². The topological polar surface area (TPSA) is 85.4 Å². The van der Waals surface area contributed by atoms with Gasteiger partial charge in [0.25, 0.3) is 5.91 Å². The van der Waals surface area contributed by atoms with Gasteiger partial charge in [-0.15, -0.1) is 0 Å². The van der Waals surface area contributed by atoms with E-state index in [0.29, 0.717) is 39.5 Å². The van der Waals surface area contributed by atoms with Crippen molar-refractivity contribution in [1.82, 2.24) is 9.97 Å². The van der Waals surface area contributed by atoms with Crippen molar-refractivity contribution in [2.45, 2.75) is 6.92 Å². The summed E-state index contributed by atoms with van der Waals surface area (Å²) in [6, 6.07) is 14.0. The number of para-hydroxylation sites is 1. The zero-order chi connectivity index (χ0) is 20.1. The molecule has 1 heterocycles. The third-order valence-corrected chi connectivity index (χ3v) is 4.19. The van der Waals surface area contributed by atoms with Gasteiger partial charge in [-0.2, -0.15) is 0 Å². The number of amides is 1. The lowest BCUT2D eigenvalue weighted by atomic mass is 10.2. The van der Waals surface area contributed by atoms with Crippen molar-refractivity contribution in [1.29, 1.82) is 0 Å². The van der Waals surface area contributed by atoms with Gasteiger partial charge >= 0.3 is 0 Å². The number of aromatic nitrogens is 2. The Morgan fingerprint density at radius 2 is 1.79 bits per heavy atom. The van der Waals surface area contributed by atoms with Crippen molar-refractivity contribution in [3.8, 4) is 11.5 Å². The number of hydrogen-bond donors (Lipinski definition) is 2. The number of anilines is 3. The molecule has 0 unspecified atom stereocenters. The number of rotatable bonds is 6. The summed E-state index contributed by atoms with van der Waals surface area (Å²) in [4.78, 5) is 21.3. The fourth-order valence-corrected chi connectivity index (χ4v) is 2.73. The number of nitrogens with zero attached hydrogens (tertiary/aromatic N) is 2. The first-order valence-electron chi connectivity index (χ1n) is 8.41. The molecule has 0 fully saturated rings. The highest BCUT2D eigenvalue weighted by Crippen LogP contribution is 2.29. The van der Waals surface area contributed by atoms with E-state index in [1.54, 1.807) is 44.4 Å². The van der Waals surface area contributed by atoms with Gasteiger partial charge in [-0.1, -0.05) is 23.7 Å². The number of nitrogens with one attached hydrogen (secondary N) is 2. The maximum Gasteiger partial charge on any atom is 0.274 e. The molecule has 0 aliphatic heterocycles. The number of carbonyl (C=O) groups is 1. The van der Waals surface area contributed by atoms with E-state index in [4.69, 9.17) is 21.1 Å². The van der Waals surface area contributed by atoms with E-state index < -0.39 is 5.91 Å². The first kappa shape index (κ1) is 19.4. The van der Waals surface area contributed by atoms with E-state index in [-0.39, 0.29) is 5.69 Å². The van der Waals surface area contributed by atoms with Crippen molar-refractivity contribution in [3.63, 3.8) is 0 Å². The van der Waals surface area contributed by atoms with Crippen molar-refractivity contribution >= 4 is 34.7 Å². The summed E-state index contributed by atoms with van der Waals surface area (Å²) in [5.74, 6) is 1.60. The molecule has 8 heteroatoms. The molecule has 1 amide bonds. The molecule has 0 radical (unpaired) electrons. The van der Waals surface area contributed by atoms with Gasteiger partial charge in [0.1, 0.15) is 28.8 Å². The summed E-state index contributed by atoms with van der Waals surface area (Å²) < 4.78 is 10.5. The molecule has 0 saturated heterocycles. The Morgan fingerprint density at radius 1 is 1.00 bits per heavy atom. The van der Waals surface area contributed by atoms with E-state index in [2.05, 4.69) is 20.6 Å². The molecule has 1 aromatic heterocycles. The number of ether oxygens (including phenoxy) is 2. The van der Waals surface area contributed by atoms with Crippen LogP contribution in [-0.4, -0.2) is 30.1 Å². The van der Waals surface area contributed by atoms with Crippen LogP contribution >= 0.6 is 11.6 Å². The molecule has 7 nitrogen and oxygen atoms in total. The predicted molar refractivity (Wildman–Crippen MR) is 109 cm³/mol. The normalized spacial score (nSPS) is 10.3. The van der Waals surface area contributed by atoms with Crippen LogP contribution in [0.4, 0.5) is 17.2 Å². The number of aryl methyl sites for hydroxylation is 1. The van der Waals surface area contributed by atoms with Crippen LogP contribution in [0.5, 0.6) is 11.5 Å². The van der Waals surface area contributed by atoms with Crippen LogP contribution in [0.3, 0.4) is 0 Å². The standard InChI is InChI=1S/C20H19ClN4O3/c1-12-22-17(11-19(23-12)24-15-7-5-4-6-14(15)21)20(26)25-16-10-13(27-2)8-9-18(16)28-3/h4-11H,1-3H3,(H,25,26)(H,22,23,24). The molecule has 0 atom stereocenters. The monoisotopic (exact) mass is 398 g/mol. The molecular formula is C20H19ClN4O3. The number of benzene rings is 2. The van der Waals surface area contributed by atoms with Crippen LogP contribution in [0.15, 0.2) is 48.5 Å². The Kier molecular flexibility index (Phi) is 5.96. The number of halogens is 1. The largest absolute Gasteiger partial charge is 0.497 e. The highest BCUT2D eigenvalue weighted by molar-refractivity contribution is 6.33. The lowest BCUT2D eigenvalue weighted by molar-refractivity contribution is 0.102. The Hall–Kier alpha value is -3.32. The van der Waals surface area contributed by atoms with Crippen molar-refractivity contribution < 1.29 is 14.3 Å². The second kappa shape index (κ2) is 8.58. The second-order valence-electron chi connectivity index (χ2n) is 5.81. The lowest BCUT2D eigenvalue weighted by Crippen LogP contribution is -2.16. The zero-order valence-electron chi connectivity index (χ0n) is 15.6. The first-order chi connectivity index (χ1) is 13.5. The van der Waals surface area contributed by atoms with Gasteiger partial charge in [-0.25, -0.2) is 9.97 Å². The van der Waals surface area contributed by atoms with E-state index in [9.17, 15) is 4.79 Å². The lowest BCUT2D eigenvalue weighted by Gasteiger charge is -2.13. The van der Waals surface area contributed by atoms with Crippen molar-refractivity contribution in [2.75, 3.05) is 24.9 Å². The minimum atomic E-state index is -0.403. The molecule has 2 N–H and O–H groups in total. The first-order valence-corrected chi connectivity index (χ1v) is 8.78. The van der Waals surface area contributed by atoms with Crippen LogP contribution < -0.4 is 20.1 Å². The van der Waals surface area contributed by atoms with Crippen LogP contribution in [0.1, 0.15) is 16.3 Å². The average molecular weight is 399 g/mol. The Morgan fingerprint density at radius 3 is 2.50 bits per heavy atom. The molecule has 0 aliphatic rings. The molecule has 3 rings (SSSR count). The predicted octanol–water partition coefficient (Wildman–Crippen LogP) is 4.45. The fourth-order valence-electron chi connectivity index (χ4n) is 2.55. The highest BCUT2D eigenvalue weighted by atomic mass is 35.5. The minimum absolute atomic E-state index is 0.201. The van der Waals surface area contributed by atoms with Gasteiger partial charge in [0.05, 0.1) is 30.6 Å². The van der Waals surface area contributed by atoms with E-state index in [1.807, 2.05) is 18.2 Å². The third kappa shape index (κ3) is 4.50. The van der Waals surface area contributed by atoms with Crippen LogP contribution in [0.2, 0.25) is 5.02 Å². The smallest absolute Gasteiger partial charge is 0.274 e. The molecule has 0 bridgehead atoms. The Bertz CT molecular complexity index is 1010. The quantitative estimate of drug-likeness (QED) is 0.638. The molecule has 0 aliphatic carbocycles. The van der Waals surface area contributed by atoms with Gasteiger partial charge in [0.2, 0.25) is 0 Å². The van der Waals surface area contributed by atoms with Gasteiger partial charge in [-0.05, 0) is 31.2 Å². The number of hydrogen-bond acceptors (Lipinski definition) is 6. The average Bonchev–Trinajstić information content (AvgIpc) is 2.69. The zero-order valence-corrected chi connectivity index (χ0v) is 16.4. The summed E-state index contributed by atoms with van der Waals surface area (Å²) >= 11 is 6.17. The van der Waals surface area contributed by atoms with Gasteiger partial charge in [0.15, 0.2) is 0 Å². The van der Waals surface area contributed by atoms with Crippen molar-refractivity contribution in [3.05, 3.63) is 65.1 Å². The number of carbonyl (C=O) groups excluding carboxylic acids is 1. The Labute approximate surface area is 167 Å². The van der Waals surface area contributed by atoms with Gasteiger partial charge < -0.3 is 20.1 Å². The molecule has 2 aromatic carbocycles. The minimum Gasteiger partial charge on any atom is -0.497 e. The molecule has 28 heavy (non-hydrogen) atoms. The SMILES string of the molecule is COc1ccc(OC)c(NC(=O)c2cc(Nc3ccccc3Cl)nc(C)n2)c1. The molecular weight excluding hydrogens is 380 g/mol. The van der Waals surface area contributed by atoms with E-state index in [1.165, 1.54) is 7.11 Å². The van der Waals surface area contributed by atoms with Gasteiger partial charge in [-0.3, -0.25) is 4.79 Å². The van der Waals surface area contributed by atoms with E-state index >= 15 is 0 Å². The third-order valence-electron chi connectivity index (χ3n) is 3.86. The fraction of sp³-hybridized carbons (Fsp3) is 0.150. The summed E-state index contributed by atoms with van der Waals surface area (Å²) in [7, 11) is 3.08. The second-order valence-corrected chi connectivity index (χ2v) is 6.22. The molecule has 144 valence electrons. The van der Waals surface area contributed by atoms with E-state index in [0.717, 1.165) is 0 Å². The summed E-state index contributed by atoms with van der Waals surface area (Å²) in [6.45, 7) is 1.71. The molecule has 0 spiro atoms. The molecule has 3 aromatic rings. The van der Waals surface area contributed by atoms with Crippen LogP contribution in [0, 0.1) is 6.92 Å².